The number of nitrogens with zero attached hydrogens (tertiary/aromatic N) is 7. The number of nitrogens with one attached hydrogen (secondary N) is 1. The molecule has 24 nitrogen and oxygen atoms in total. The number of carbonyl (C=O) groups excluding carboxylic acids is 8. The van der Waals surface area contributed by atoms with Crippen molar-refractivity contribution < 1.29 is 70.1 Å². The van der Waals surface area contributed by atoms with E-state index in [2.05, 4.69) is 11.2 Å². The van der Waals surface area contributed by atoms with E-state index < -0.39 is 108 Å². The molecule has 5 N–H and O–H groups in total. The Hall–Kier alpha value is -6.60. The number of rotatable bonds is 37. The molecule has 26 heteroatoms. The first-order chi connectivity index (χ1) is 37.6. The van der Waals surface area contributed by atoms with Crippen LogP contribution in [0.2, 0.25) is 0 Å². The number of nitrogens with two attached hydrogens (primary N) is 2. The van der Waals surface area contributed by atoms with E-state index in [-0.39, 0.29) is 96.1 Å². The number of sulfonamides is 1. The quantitative estimate of drug-likeness (QED) is 0.0554. The lowest BCUT2D eigenvalue weighted by atomic mass is 10.1. The summed E-state index contributed by atoms with van der Waals surface area (Å²) in [5.41, 5.74) is 6.50. The molecular formula is C53H79FN10O14S. The molecule has 1 saturated carbocycles. The lowest BCUT2D eigenvalue weighted by Gasteiger charge is -2.35. The van der Waals surface area contributed by atoms with Gasteiger partial charge in [0.15, 0.2) is 0 Å². The van der Waals surface area contributed by atoms with Crippen LogP contribution in [0.5, 0.6) is 0 Å². The highest BCUT2D eigenvalue weighted by molar-refractivity contribution is 7.89. The van der Waals surface area contributed by atoms with Crippen molar-refractivity contribution in [1.29, 1.82) is 0 Å². The summed E-state index contributed by atoms with van der Waals surface area (Å²) >= 11 is 0. The Morgan fingerprint density at radius 1 is 0.646 bits per heavy atom. The summed E-state index contributed by atoms with van der Waals surface area (Å²) in [5.74, 6) is -3.34. The van der Waals surface area contributed by atoms with E-state index in [9.17, 15) is 51.2 Å². The van der Waals surface area contributed by atoms with Crippen molar-refractivity contribution in [2.75, 3.05) is 140 Å². The number of carbonyl (C=O) groups is 8. The van der Waals surface area contributed by atoms with Gasteiger partial charge in [0, 0.05) is 80.9 Å². The minimum atomic E-state index is -3.91. The summed E-state index contributed by atoms with van der Waals surface area (Å²) < 4.78 is 58.4. The predicted molar refractivity (Wildman–Crippen MR) is 288 cm³/mol. The van der Waals surface area contributed by atoms with Crippen LogP contribution in [0.3, 0.4) is 0 Å². The van der Waals surface area contributed by atoms with Crippen molar-refractivity contribution >= 4 is 57.3 Å². The molecule has 0 bridgehead atoms. The molecule has 1 atom stereocenters. The van der Waals surface area contributed by atoms with Crippen LogP contribution in [0.4, 0.5) is 4.39 Å². The van der Waals surface area contributed by atoms with Gasteiger partial charge in [0.05, 0.1) is 64.0 Å². The second kappa shape index (κ2) is 35.1. The maximum absolute atomic E-state index is 14.8. The summed E-state index contributed by atoms with van der Waals surface area (Å²) in [6.45, 7) is -1.89. The lowest BCUT2D eigenvalue weighted by molar-refractivity contribution is -0.150. The molecule has 0 unspecified atom stereocenters. The topological polar surface area (TPSA) is 294 Å². The zero-order valence-electron chi connectivity index (χ0n) is 46.1. The molecule has 0 aromatic heterocycles. The van der Waals surface area contributed by atoms with E-state index in [0.29, 0.717) is 17.5 Å². The van der Waals surface area contributed by atoms with Gasteiger partial charge >= 0.3 is 0 Å². The molecule has 79 heavy (non-hydrogen) atoms. The second-order valence-corrected chi connectivity index (χ2v) is 20.6. The third kappa shape index (κ3) is 23.7. The fourth-order valence-electron chi connectivity index (χ4n) is 8.63. The summed E-state index contributed by atoms with van der Waals surface area (Å²) in [7, 11) is 1.79. The van der Waals surface area contributed by atoms with Crippen molar-refractivity contribution in [3.8, 4) is 12.3 Å². The zero-order chi connectivity index (χ0) is 58.5. The summed E-state index contributed by atoms with van der Waals surface area (Å²) in [4.78, 5) is 120. The van der Waals surface area contributed by atoms with E-state index in [0.717, 1.165) is 40.4 Å². The molecule has 0 aliphatic heterocycles. The van der Waals surface area contributed by atoms with Crippen LogP contribution in [0, 0.1) is 24.1 Å². The Balaban J connectivity index is 1.91. The Labute approximate surface area is 463 Å². The number of primary sulfonamides is 1. The number of terminal acetylenes is 1. The normalized spacial score (nSPS) is 12.7. The summed E-state index contributed by atoms with van der Waals surface area (Å²) in [5, 5.41) is 8.26. The largest absolute Gasteiger partial charge is 0.385 e. The SMILES string of the molecule is C#CCN(CC(=O)N(CCOC)CC(=O)N(CCOC)CC(N)=O)C(=O)CN(CCOC)C(=O)CN(CC1CCCC1)C(=O)CN(Cc1ccc(F)cc1)C(=O)[C@H](C)N(CCCOC)C(=O)CNCc1ccc(S(N)(=O)=O)cc1. The van der Waals surface area contributed by atoms with E-state index in [1.165, 1.54) is 91.4 Å². The standard InChI is InChI=1S/C53H79FN10O14S/c1-7-21-58(35-50(69)60(24-28-77-5)37-49(68)59(23-27-76-4)34-46(55)65)48(67)36-61(25-29-78-6)51(70)38-62(32-42-11-8-9-12-42)52(71)39-63(33-43-13-17-44(54)18-14-43)53(72)40(2)64(22-10-26-75-3)47(66)31-57-30-41-15-19-45(20-16-41)79(56,73)74/h1,13-20,40,42,57H,8-12,21-39H2,2-6H3,(H2,55,65)(H2,56,73,74)/t40-/m0/s1. The number of ether oxygens (including phenoxy) is 4. The molecule has 1 aliphatic rings. The number of amides is 8. The van der Waals surface area contributed by atoms with Gasteiger partial charge in [0.25, 0.3) is 0 Å². The van der Waals surface area contributed by atoms with Crippen LogP contribution in [0.1, 0.15) is 50.2 Å². The highest BCUT2D eigenvalue weighted by Gasteiger charge is 2.34. The van der Waals surface area contributed by atoms with Gasteiger partial charge in [0.1, 0.15) is 24.9 Å². The van der Waals surface area contributed by atoms with Crippen LogP contribution < -0.4 is 16.2 Å². The van der Waals surface area contributed by atoms with Crippen molar-refractivity contribution in [2.24, 2.45) is 16.8 Å². The molecule has 1 aliphatic carbocycles. The van der Waals surface area contributed by atoms with Crippen LogP contribution in [-0.2, 0) is 80.4 Å². The fourth-order valence-corrected chi connectivity index (χ4v) is 9.15. The molecule has 0 saturated heterocycles. The molecule has 8 amide bonds. The maximum Gasteiger partial charge on any atom is 0.245 e. The molecule has 3 rings (SSSR count). The summed E-state index contributed by atoms with van der Waals surface area (Å²) in [6.07, 6.45) is 9.35. The Bertz CT molecular complexity index is 2460. The highest BCUT2D eigenvalue weighted by Crippen LogP contribution is 2.26. The van der Waals surface area contributed by atoms with Gasteiger partial charge in [-0.1, -0.05) is 43.0 Å². The smallest absolute Gasteiger partial charge is 0.245 e. The molecule has 0 heterocycles. The molecule has 0 radical (unpaired) electrons. The first-order valence-electron chi connectivity index (χ1n) is 25.9. The van der Waals surface area contributed by atoms with E-state index >= 15 is 0 Å². The third-order valence-electron chi connectivity index (χ3n) is 13.0. The zero-order valence-corrected chi connectivity index (χ0v) is 46.9. The van der Waals surface area contributed by atoms with E-state index in [4.69, 9.17) is 36.2 Å². The van der Waals surface area contributed by atoms with Gasteiger partial charge in [-0.3, -0.25) is 38.4 Å². The predicted octanol–water partition coefficient (Wildman–Crippen LogP) is -0.764. The van der Waals surface area contributed by atoms with Crippen LogP contribution >= 0.6 is 0 Å². The van der Waals surface area contributed by atoms with Gasteiger partial charge in [0.2, 0.25) is 57.3 Å². The summed E-state index contributed by atoms with van der Waals surface area (Å²) in [6, 6.07) is 10.0. The van der Waals surface area contributed by atoms with Crippen LogP contribution in [0.25, 0.3) is 0 Å². The Morgan fingerprint density at radius 3 is 1.59 bits per heavy atom. The monoisotopic (exact) mass is 1130 g/mol. The molecule has 0 spiro atoms. The van der Waals surface area contributed by atoms with Crippen molar-refractivity contribution in [3.63, 3.8) is 0 Å². The second-order valence-electron chi connectivity index (χ2n) is 19.0. The van der Waals surface area contributed by atoms with Gasteiger partial charge < -0.3 is 64.3 Å². The number of benzene rings is 2. The Kier molecular flexibility index (Phi) is 29.6. The number of primary amides is 1. The number of halogens is 1. The van der Waals surface area contributed by atoms with Crippen molar-refractivity contribution in [2.45, 2.75) is 63.1 Å². The number of hydrogen-bond donors (Lipinski definition) is 3. The first kappa shape index (κ1) is 66.7. The third-order valence-corrected chi connectivity index (χ3v) is 13.9. The minimum absolute atomic E-state index is 0.00642. The molecule has 2 aromatic carbocycles. The maximum atomic E-state index is 14.8. The van der Waals surface area contributed by atoms with Crippen molar-refractivity contribution in [1.82, 2.24) is 39.6 Å². The average molecular weight is 1130 g/mol. The molecular weight excluding hydrogens is 1050 g/mol. The van der Waals surface area contributed by atoms with E-state index in [1.54, 1.807) is 12.1 Å². The number of hydrogen-bond acceptors (Lipinski definition) is 15. The lowest BCUT2D eigenvalue weighted by Crippen LogP contribution is -2.55. The first-order valence-corrected chi connectivity index (χ1v) is 27.4. The Morgan fingerprint density at radius 2 is 1.10 bits per heavy atom. The highest BCUT2D eigenvalue weighted by atomic mass is 32.2. The van der Waals surface area contributed by atoms with Crippen LogP contribution in [-0.4, -0.2) is 236 Å². The van der Waals surface area contributed by atoms with Gasteiger partial charge in [-0.15, -0.1) is 6.42 Å². The average Bonchev–Trinajstić information content (AvgIpc) is 3.94. The minimum Gasteiger partial charge on any atom is -0.385 e. The van der Waals surface area contributed by atoms with Gasteiger partial charge in [-0.05, 0) is 67.5 Å². The van der Waals surface area contributed by atoms with E-state index in [1.807, 2.05) is 0 Å². The van der Waals surface area contributed by atoms with Crippen LogP contribution in [0.15, 0.2) is 53.4 Å². The fraction of sp³-hybridized carbons (Fsp3) is 0.585. The van der Waals surface area contributed by atoms with Gasteiger partial charge in [-0.2, -0.15) is 0 Å². The molecule has 438 valence electrons. The molecule has 1 fully saturated rings. The van der Waals surface area contributed by atoms with Crippen molar-refractivity contribution in [3.05, 3.63) is 65.5 Å². The molecule has 2 aromatic rings. The number of methoxy groups -OCH3 is 4. The van der Waals surface area contributed by atoms with Gasteiger partial charge in [-0.25, -0.2) is 17.9 Å².